The predicted molar refractivity (Wildman–Crippen MR) is 60.2 cm³/mol. The van der Waals surface area contributed by atoms with Crippen LogP contribution in [-0.2, 0) is 4.79 Å². The van der Waals surface area contributed by atoms with E-state index in [9.17, 15) is 9.59 Å². The van der Waals surface area contributed by atoms with Gasteiger partial charge in [-0.3, -0.25) is 4.79 Å². The lowest BCUT2D eigenvalue weighted by Gasteiger charge is -2.21. The molecule has 0 bridgehead atoms. The summed E-state index contributed by atoms with van der Waals surface area (Å²) in [6.07, 6.45) is 1.66. The van der Waals surface area contributed by atoms with Crippen LogP contribution in [0.15, 0.2) is 0 Å². The Bertz CT molecular complexity index is 268. The fourth-order valence-electron chi connectivity index (χ4n) is 1.89. The third-order valence-corrected chi connectivity index (χ3v) is 2.95. The van der Waals surface area contributed by atoms with Crippen LogP contribution < -0.4 is 5.32 Å². The Kier molecular flexibility index (Phi) is 4.58. The van der Waals surface area contributed by atoms with Gasteiger partial charge in [0.05, 0.1) is 6.42 Å². The standard InChI is InChI=1S/C11H20N2O3/c1-3-9(6-10(14)15)12-11(16)13-5-4-8(2)7-13/h8-9H,3-7H2,1-2H3,(H,12,16)(H,14,15). The zero-order chi connectivity index (χ0) is 12.1. The summed E-state index contributed by atoms with van der Waals surface area (Å²) in [5.41, 5.74) is 0. The van der Waals surface area contributed by atoms with E-state index in [1.54, 1.807) is 4.90 Å². The maximum Gasteiger partial charge on any atom is 0.317 e. The Morgan fingerprint density at radius 3 is 2.69 bits per heavy atom. The highest BCUT2D eigenvalue weighted by Gasteiger charge is 2.24. The molecule has 1 fully saturated rings. The number of nitrogens with zero attached hydrogens (tertiary/aromatic N) is 1. The van der Waals surface area contributed by atoms with E-state index in [0.717, 1.165) is 19.5 Å². The number of carbonyl (C=O) groups is 2. The van der Waals surface area contributed by atoms with Gasteiger partial charge in [-0.25, -0.2) is 4.79 Å². The first-order valence-corrected chi connectivity index (χ1v) is 5.80. The number of carboxylic acid groups (broad SMARTS) is 1. The molecule has 1 saturated heterocycles. The highest BCUT2D eigenvalue weighted by atomic mass is 16.4. The Morgan fingerprint density at radius 1 is 1.56 bits per heavy atom. The molecule has 1 rings (SSSR count). The third-order valence-electron chi connectivity index (χ3n) is 2.95. The fourth-order valence-corrected chi connectivity index (χ4v) is 1.89. The predicted octanol–water partition coefficient (Wildman–Crippen LogP) is 1.29. The zero-order valence-corrected chi connectivity index (χ0v) is 9.90. The molecule has 1 aliphatic heterocycles. The van der Waals surface area contributed by atoms with Crippen LogP contribution in [0.2, 0.25) is 0 Å². The monoisotopic (exact) mass is 228 g/mol. The lowest BCUT2D eigenvalue weighted by molar-refractivity contribution is -0.137. The van der Waals surface area contributed by atoms with Crippen molar-refractivity contribution in [2.75, 3.05) is 13.1 Å². The normalized spacial score (nSPS) is 21.9. The van der Waals surface area contributed by atoms with Crippen LogP contribution >= 0.6 is 0 Å². The van der Waals surface area contributed by atoms with E-state index in [1.165, 1.54) is 0 Å². The van der Waals surface area contributed by atoms with Gasteiger partial charge in [0.15, 0.2) is 0 Å². The fraction of sp³-hybridized carbons (Fsp3) is 0.818. The van der Waals surface area contributed by atoms with E-state index in [4.69, 9.17) is 5.11 Å². The second kappa shape index (κ2) is 5.72. The molecule has 0 aliphatic carbocycles. The van der Waals surface area contributed by atoms with Gasteiger partial charge >= 0.3 is 12.0 Å². The Labute approximate surface area is 95.8 Å². The summed E-state index contributed by atoms with van der Waals surface area (Å²) < 4.78 is 0. The first-order valence-electron chi connectivity index (χ1n) is 5.80. The van der Waals surface area contributed by atoms with Crippen LogP contribution in [0.4, 0.5) is 4.79 Å². The molecule has 1 heterocycles. The SMILES string of the molecule is CCC(CC(=O)O)NC(=O)N1CCC(C)C1. The van der Waals surface area contributed by atoms with Crippen molar-refractivity contribution in [3.05, 3.63) is 0 Å². The molecule has 5 nitrogen and oxygen atoms in total. The minimum Gasteiger partial charge on any atom is -0.481 e. The molecule has 0 saturated carbocycles. The van der Waals surface area contributed by atoms with E-state index in [1.807, 2.05) is 6.92 Å². The van der Waals surface area contributed by atoms with Gasteiger partial charge < -0.3 is 15.3 Å². The third kappa shape index (κ3) is 3.72. The van der Waals surface area contributed by atoms with Gasteiger partial charge in [-0.15, -0.1) is 0 Å². The molecule has 0 spiro atoms. The van der Waals surface area contributed by atoms with Gasteiger partial charge in [0, 0.05) is 19.1 Å². The van der Waals surface area contributed by atoms with E-state index in [2.05, 4.69) is 12.2 Å². The molecular weight excluding hydrogens is 208 g/mol. The minimum absolute atomic E-state index is 0.00830. The molecule has 2 N–H and O–H groups in total. The number of hydrogen-bond donors (Lipinski definition) is 2. The van der Waals surface area contributed by atoms with Crippen molar-refractivity contribution in [1.29, 1.82) is 0 Å². The number of amides is 2. The number of urea groups is 1. The van der Waals surface area contributed by atoms with Gasteiger partial charge in [-0.1, -0.05) is 13.8 Å². The molecule has 0 aromatic carbocycles. The largest absolute Gasteiger partial charge is 0.481 e. The van der Waals surface area contributed by atoms with Gasteiger partial charge in [0.2, 0.25) is 0 Å². The van der Waals surface area contributed by atoms with Crippen LogP contribution in [0.3, 0.4) is 0 Å². The topological polar surface area (TPSA) is 69.6 Å². The van der Waals surface area contributed by atoms with Crippen LogP contribution in [0, 0.1) is 5.92 Å². The number of likely N-dealkylation sites (tertiary alicyclic amines) is 1. The molecule has 16 heavy (non-hydrogen) atoms. The smallest absolute Gasteiger partial charge is 0.317 e. The van der Waals surface area contributed by atoms with Crippen molar-refractivity contribution < 1.29 is 14.7 Å². The van der Waals surface area contributed by atoms with Crippen LogP contribution in [0.1, 0.15) is 33.1 Å². The molecular formula is C11H20N2O3. The highest BCUT2D eigenvalue weighted by molar-refractivity contribution is 5.76. The Morgan fingerprint density at radius 2 is 2.25 bits per heavy atom. The number of carboxylic acids is 1. The first kappa shape index (κ1) is 12.8. The summed E-state index contributed by atoms with van der Waals surface area (Å²) in [6.45, 7) is 5.54. The molecule has 92 valence electrons. The number of aliphatic carboxylic acids is 1. The van der Waals surface area contributed by atoms with Crippen molar-refractivity contribution in [2.24, 2.45) is 5.92 Å². The number of nitrogens with one attached hydrogen (secondary N) is 1. The summed E-state index contributed by atoms with van der Waals surface area (Å²) in [6, 6.07) is -0.390. The van der Waals surface area contributed by atoms with Gasteiger partial charge in [-0.2, -0.15) is 0 Å². The summed E-state index contributed by atoms with van der Waals surface area (Å²) in [5.74, 6) is -0.327. The molecule has 2 amide bonds. The number of rotatable bonds is 4. The van der Waals surface area contributed by atoms with Crippen molar-refractivity contribution in [1.82, 2.24) is 10.2 Å². The quantitative estimate of drug-likeness (QED) is 0.761. The molecule has 0 radical (unpaired) electrons. The summed E-state index contributed by atoms with van der Waals surface area (Å²) >= 11 is 0. The van der Waals surface area contributed by atoms with E-state index in [0.29, 0.717) is 12.3 Å². The Balaban J connectivity index is 2.39. The van der Waals surface area contributed by atoms with E-state index < -0.39 is 5.97 Å². The zero-order valence-electron chi connectivity index (χ0n) is 9.90. The molecule has 2 atom stereocenters. The average molecular weight is 228 g/mol. The maximum atomic E-state index is 11.8. The van der Waals surface area contributed by atoms with Crippen molar-refractivity contribution in [3.8, 4) is 0 Å². The van der Waals surface area contributed by atoms with Crippen LogP contribution in [0.25, 0.3) is 0 Å². The first-order chi connectivity index (χ1) is 7.52. The molecule has 0 aromatic rings. The van der Waals surface area contributed by atoms with E-state index in [-0.39, 0.29) is 18.5 Å². The lowest BCUT2D eigenvalue weighted by Crippen LogP contribution is -2.44. The summed E-state index contributed by atoms with van der Waals surface area (Å²) in [5, 5.41) is 11.4. The summed E-state index contributed by atoms with van der Waals surface area (Å²) in [7, 11) is 0. The van der Waals surface area contributed by atoms with E-state index >= 15 is 0 Å². The second-order valence-corrected chi connectivity index (χ2v) is 4.49. The van der Waals surface area contributed by atoms with Gasteiger partial charge in [0.25, 0.3) is 0 Å². The summed E-state index contributed by atoms with van der Waals surface area (Å²) in [4.78, 5) is 24.1. The highest BCUT2D eigenvalue weighted by Crippen LogP contribution is 2.15. The average Bonchev–Trinajstić information content (AvgIpc) is 2.63. The molecule has 5 heteroatoms. The minimum atomic E-state index is -0.873. The van der Waals surface area contributed by atoms with Crippen molar-refractivity contribution >= 4 is 12.0 Å². The van der Waals surface area contributed by atoms with Crippen LogP contribution in [0.5, 0.6) is 0 Å². The maximum absolute atomic E-state index is 11.8. The van der Waals surface area contributed by atoms with Crippen LogP contribution in [-0.4, -0.2) is 41.1 Å². The Hall–Kier alpha value is -1.26. The van der Waals surface area contributed by atoms with Crippen molar-refractivity contribution in [3.63, 3.8) is 0 Å². The second-order valence-electron chi connectivity index (χ2n) is 4.49. The van der Waals surface area contributed by atoms with Gasteiger partial charge in [-0.05, 0) is 18.8 Å². The van der Waals surface area contributed by atoms with Crippen molar-refractivity contribution in [2.45, 2.75) is 39.2 Å². The molecule has 1 aliphatic rings. The molecule has 0 aromatic heterocycles. The molecule has 2 unspecified atom stereocenters. The van der Waals surface area contributed by atoms with Gasteiger partial charge in [0.1, 0.15) is 0 Å². The lowest BCUT2D eigenvalue weighted by atomic mass is 10.1. The number of hydrogen-bond acceptors (Lipinski definition) is 2. The number of carbonyl (C=O) groups excluding carboxylic acids is 1.